The molecule has 0 aromatic rings. The van der Waals surface area contributed by atoms with E-state index in [9.17, 15) is 8.42 Å². The zero-order chi connectivity index (χ0) is 6.78. The molecule has 3 nitrogen and oxygen atoms in total. The molecule has 0 aliphatic heterocycles. The predicted octanol–water partition coefficient (Wildman–Crippen LogP) is -0.147. The number of alkyl halides is 1. The van der Waals surface area contributed by atoms with Crippen molar-refractivity contribution >= 4 is 51.3 Å². The van der Waals surface area contributed by atoms with Gasteiger partial charge in [0.1, 0.15) is 0 Å². The van der Waals surface area contributed by atoms with Crippen LogP contribution in [0.5, 0.6) is 0 Å². The Morgan fingerprint density at radius 2 is 2.00 bits per heavy atom. The maximum absolute atomic E-state index is 10.0. The van der Waals surface area contributed by atoms with Crippen LogP contribution in [0.15, 0.2) is 0 Å². The Hall–Kier alpha value is 1.20. The van der Waals surface area contributed by atoms with E-state index in [1.54, 1.807) is 0 Å². The molecule has 1 atom stereocenters. The Bertz CT molecular complexity index is 154. The monoisotopic (exact) mass is 182 g/mol. The quantitative estimate of drug-likeness (QED) is 0.367. The molecule has 0 aromatic carbocycles. The summed E-state index contributed by atoms with van der Waals surface area (Å²) in [5.74, 6) is -0.0706. The van der Waals surface area contributed by atoms with Crippen molar-refractivity contribution in [2.45, 2.75) is 12.2 Å². The molecule has 0 bridgehead atoms. The zero-order valence-corrected chi connectivity index (χ0v) is 5.91. The van der Waals surface area contributed by atoms with Crippen molar-refractivity contribution in [3.05, 3.63) is 0 Å². The third-order valence-corrected chi connectivity index (χ3v) is 2.56. The van der Waals surface area contributed by atoms with E-state index in [-0.39, 0.29) is 35.4 Å². The van der Waals surface area contributed by atoms with E-state index in [2.05, 4.69) is 0 Å². The summed E-state index contributed by atoms with van der Waals surface area (Å²) in [5.41, 5.74) is 0. The van der Waals surface area contributed by atoms with Crippen molar-refractivity contribution in [2.24, 2.45) is 0 Å². The van der Waals surface area contributed by atoms with Gasteiger partial charge in [0.2, 0.25) is 0 Å². The van der Waals surface area contributed by atoms with Crippen molar-refractivity contribution < 1.29 is 13.0 Å². The third kappa shape index (κ3) is 5.63. The van der Waals surface area contributed by atoms with Crippen LogP contribution in [0, 0.1) is 0 Å². The second-order valence-electron chi connectivity index (χ2n) is 1.48. The first-order valence-electron chi connectivity index (χ1n) is 2.00. The molecule has 0 aliphatic carbocycles. The average molecular weight is 183 g/mol. The first kappa shape index (κ1) is 12.8. The van der Waals surface area contributed by atoms with Crippen LogP contribution in [-0.4, -0.2) is 53.7 Å². The van der Waals surface area contributed by atoms with Gasteiger partial charge in [-0.1, -0.05) is 0 Å². The summed E-state index contributed by atoms with van der Waals surface area (Å²) in [6.07, 6.45) is 0. The molecule has 0 heterocycles. The van der Waals surface area contributed by atoms with Gasteiger partial charge in [0, 0.05) is 5.88 Å². The van der Waals surface area contributed by atoms with Gasteiger partial charge in [-0.15, -0.1) is 11.6 Å². The molecule has 0 saturated heterocycles. The SMILES string of the molecule is CC(CCl)S(=O)(=O)O.[NaH]. The fourth-order valence-corrected chi connectivity index (χ4v) is 0.716. The Morgan fingerprint density at radius 3 is 2.00 bits per heavy atom. The standard InChI is InChI=1S/C3H7ClO3S.Na.H/c1-3(2-4)8(5,6)7;;/h3H,2H2,1H3,(H,5,6,7);;. The summed E-state index contributed by atoms with van der Waals surface area (Å²) in [6, 6.07) is 0. The van der Waals surface area contributed by atoms with Crippen LogP contribution in [-0.2, 0) is 10.1 Å². The van der Waals surface area contributed by atoms with Crippen LogP contribution < -0.4 is 0 Å². The third-order valence-electron chi connectivity index (χ3n) is 0.726. The Kier molecular flexibility index (Phi) is 7.04. The van der Waals surface area contributed by atoms with Crippen LogP contribution in [0.4, 0.5) is 0 Å². The topological polar surface area (TPSA) is 54.4 Å². The van der Waals surface area contributed by atoms with Gasteiger partial charge in [-0.25, -0.2) is 0 Å². The Balaban J connectivity index is 0. The van der Waals surface area contributed by atoms with Crippen LogP contribution in [0.25, 0.3) is 0 Å². The van der Waals surface area contributed by atoms with Crippen molar-refractivity contribution in [3.63, 3.8) is 0 Å². The second-order valence-corrected chi connectivity index (χ2v) is 3.62. The molecule has 0 aliphatic rings. The number of hydrogen-bond acceptors (Lipinski definition) is 2. The number of rotatable bonds is 2. The molecule has 0 saturated carbocycles. The van der Waals surface area contributed by atoms with Gasteiger partial charge in [0.05, 0.1) is 5.25 Å². The second kappa shape index (κ2) is 4.93. The molecule has 0 amide bonds. The van der Waals surface area contributed by atoms with E-state index in [0.29, 0.717) is 0 Å². The molecule has 52 valence electrons. The fraction of sp³-hybridized carbons (Fsp3) is 1.00. The van der Waals surface area contributed by atoms with Crippen molar-refractivity contribution in [1.82, 2.24) is 0 Å². The van der Waals surface area contributed by atoms with E-state index < -0.39 is 15.4 Å². The molecular formula is C3H8ClNaO3S. The first-order valence-corrected chi connectivity index (χ1v) is 4.04. The minimum absolute atomic E-state index is 0. The summed E-state index contributed by atoms with van der Waals surface area (Å²) in [4.78, 5) is 0. The summed E-state index contributed by atoms with van der Waals surface area (Å²) in [7, 11) is -3.88. The van der Waals surface area contributed by atoms with Gasteiger partial charge in [-0.05, 0) is 6.92 Å². The Labute approximate surface area is 81.8 Å². The van der Waals surface area contributed by atoms with E-state index in [0.717, 1.165) is 0 Å². The van der Waals surface area contributed by atoms with E-state index in [4.69, 9.17) is 16.2 Å². The van der Waals surface area contributed by atoms with Gasteiger partial charge in [-0.3, -0.25) is 4.55 Å². The van der Waals surface area contributed by atoms with Gasteiger partial charge in [-0.2, -0.15) is 8.42 Å². The number of hydrogen-bond donors (Lipinski definition) is 1. The van der Waals surface area contributed by atoms with Crippen molar-refractivity contribution in [2.75, 3.05) is 5.88 Å². The molecular weight excluding hydrogens is 175 g/mol. The zero-order valence-electron chi connectivity index (χ0n) is 4.33. The number of halogens is 1. The van der Waals surface area contributed by atoms with Crippen LogP contribution in [0.1, 0.15) is 6.92 Å². The summed E-state index contributed by atoms with van der Waals surface area (Å²) >= 11 is 5.10. The maximum atomic E-state index is 10.0. The predicted molar refractivity (Wildman–Crippen MR) is 38.9 cm³/mol. The van der Waals surface area contributed by atoms with Crippen molar-refractivity contribution in [3.8, 4) is 0 Å². The molecule has 1 N–H and O–H groups in total. The molecule has 1 unspecified atom stereocenters. The van der Waals surface area contributed by atoms with Crippen LogP contribution in [0.2, 0.25) is 0 Å². The van der Waals surface area contributed by atoms with Gasteiger partial charge < -0.3 is 0 Å². The molecule has 0 fully saturated rings. The summed E-state index contributed by atoms with van der Waals surface area (Å²) in [6.45, 7) is 1.34. The van der Waals surface area contributed by atoms with Crippen LogP contribution >= 0.6 is 11.6 Å². The molecule has 0 rings (SSSR count). The first-order chi connectivity index (χ1) is 3.48. The van der Waals surface area contributed by atoms with Gasteiger partial charge in [0.15, 0.2) is 0 Å². The molecule has 0 spiro atoms. The molecule has 9 heavy (non-hydrogen) atoms. The molecule has 0 radical (unpaired) electrons. The summed E-state index contributed by atoms with van der Waals surface area (Å²) < 4.78 is 28.2. The molecule has 0 aromatic heterocycles. The summed E-state index contributed by atoms with van der Waals surface area (Å²) in [5, 5.41) is -0.857. The molecule has 6 heteroatoms. The van der Waals surface area contributed by atoms with Gasteiger partial charge >= 0.3 is 29.6 Å². The minimum atomic E-state index is -3.88. The van der Waals surface area contributed by atoms with E-state index >= 15 is 0 Å². The van der Waals surface area contributed by atoms with E-state index in [1.165, 1.54) is 6.92 Å². The fourth-order valence-electron chi connectivity index (χ4n) is 0.0796. The van der Waals surface area contributed by atoms with Gasteiger partial charge in [0.25, 0.3) is 10.1 Å². The Morgan fingerprint density at radius 1 is 1.67 bits per heavy atom. The normalized spacial score (nSPS) is 14.1. The van der Waals surface area contributed by atoms with Crippen LogP contribution in [0.3, 0.4) is 0 Å². The van der Waals surface area contributed by atoms with Crippen molar-refractivity contribution in [1.29, 1.82) is 0 Å². The average Bonchev–Trinajstić information content (AvgIpc) is 1.62. The van der Waals surface area contributed by atoms with E-state index in [1.807, 2.05) is 0 Å².